The predicted octanol–water partition coefficient (Wildman–Crippen LogP) is 2.62. The number of para-hydroxylation sites is 1. The summed E-state index contributed by atoms with van der Waals surface area (Å²) in [7, 11) is 1.86. The fourth-order valence-electron chi connectivity index (χ4n) is 2.01. The first kappa shape index (κ1) is 11.2. The van der Waals surface area contributed by atoms with Crippen LogP contribution in [0.15, 0.2) is 30.5 Å². The van der Waals surface area contributed by atoms with Crippen molar-refractivity contribution < 1.29 is 4.39 Å². The van der Waals surface area contributed by atoms with Gasteiger partial charge in [0.15, 0.2) is 4.77 Å². The molecule has 0 unspecified atom stereocenters. The molecule has 0 radical (unpaired) electrons. The number of H-pyrrole nitrogens is 1. The monoisotopic (exact) mass is 262 g/mol. The van der Waals surface area contributed by atoms with Crippen LogP contribution in [0.3, 0.4) is 0 Å². The van der Waals surface area contributed by atoms with Gasteiger partial charge in [-0.15, -0.1) is 0 Å². The summed E-state index contributed by atoms with van der Waals surface area (Å²) in [5.74, 6) is -0.293. The van der Waals surface area contributed by atoms with Crippen molar-refractivity contribution in [3.8, 4) is 0 Å². The standard InChI is InChI=1S/C12H11FN4S/c1-16-6-5-8(15-16)7-17-10-4-2-3-9(13)11(10)14-12(17)18/h2-6H,7H2,1H3,(H,14,18). The molecule has 6 heteroatoms. The highest BCUT2D eigenvalue weighted by molar-refractivity contribution is 7.71. The number of halogens is 1. The zero-order valence-corrected chi connectivity index (χ0v) is 10.5. The Kier molecular flexibility index (Phi) is 2.52. The van der Waals surface area contributed by atoms with Crippen LogP contribution in [0, 0.1) is 10.6 Å². The lowest BCUT2D eigenvalue weighted by atomic mass is 10.3. The Morgan fingerprint density at radius 3 is 2.94 bits per heavy atom. The lowest BCUT2D eigenvalue weighted by Gasteiger charge is -2.01. The van der Waals surface area contributed by atoms with Crippen LogP contribution in [-0.4, -0.2) is 19.3 Å². The fraction of sp³-hybridized carbons (Fsp3) is 0.167. The molecule has 18 heavy (non-hydrogen) atoms. The van der Waals surface area contributed by atoms with Crippen molar-refractivity contribution in [1.82, 2.24) is 19.3 Å². The highest BCUT2D eigenvalue weighted by Gasteiger charge is 2.09. The molecule has 2 aromatic heterocycles. The smallest absolute Gasteiger partial charge is 0.178 e. The molecule has 3 aromatic rings. The van der Waals surface area contributed by atoms with Gasteiger partial charge in [-0.25, -0.2) is 4.39 Å². The van der Waals surface area contributed by atoms with E-state index in [0.717, 1.165) is 11.2 Å². The van der Waals surface area contributed by atoms with Crippen LogP contribution in [0.5, 0.6) is 0 Å². The van der Waals surface area contributed by atoms with Crippen molar-refractivity contribution in [2.75, 3.05) is 0 Å². The van der Waals surface area contributed by atoms with Gasteiger partial charge in [0, 0.05) is 13.2 Å². The molecule has 0 saturated heterocycles. The molecule has 0 bridgehead atoms. The zero-order chi connectivity index (χ0) is 12.7. The summed E-state index contributed by atoms with van der Waals surface area (Å²) in [6.45, 7) is 0.531. The van der Waals surface area contributed by atoms with E-state index in [1.54, 1.807) is 10.7 Å². The Morgan fingerprint density at radius 1 is 1.39 bits per heavy atom. The second kappa shape index (κ2) is 4.06. The average Bonchev–Trinajstić information content (AvgIpc) is 2.87. The van der Waals surface area contributed by atoms with Crippen LogP contribution in [-0.2, 0) is 13.6 Å². The van der Waals surface area contributed by atoms with E-state index in [-0.39, 0.29) is 5.82 Å². The number of hydrogen-bond acceptors (Lipinski definition) is 2. The van der Waals surface area contributed by atoms with E-state index in [1.807, 2.05) is 29.9 Å². The summed E-state index contributed by atoms with van der Waals surface area (Å²) in [6, 6.07) is 6.85. The molecular formula is C12H11FN4S. The van der Waals surface area contributed by atoms with E-state index in [9.17, 15) is 4.39 Å². The van der Waals surface area contributed by atoms with E-state index < -0.39 is 0 Å². The summed E-state index contributed by atoms with van der Waals surface area (Å²) in [4.78, 5) is 2.89. The number of nitrogens with zero attached hydrogens (tertiary/aromatic N) is 3. The van der Waals surface area contributed by atoms with Crippen molar-refractivity contribution in [2.45, 2.75) is 6.54 Å². The molecule has 4 nitrogen and oxygen atoms in total. The molecule has 2 heterocycles. The fourth-order valence-corrected chi connectivity index (χ4v) is 2.28. The lowest BCUT2D eigenvalue weighted by molar-refractivity contribution is 0.637. The average molecular weight is 262 g/mol. The van der Waals surface area contributed by atoms with Gasteiger partial charge in [-0.3, -0.25) is 4.68 Å². The Hall–Kier alpha value is -1.95. The van der Waals surface area contributed by atoms with E-state index in [0.29, 0.717) is 16.8 Å². The van der Waals surface area contributed by atoms with Gasteiger partial charge in [-0.1, -0.05) is 6.07 Å². The maximum atomic E-state index is 13.6. The van der Waals surface area contributed by atoms with Gasteiger partial charge in [-0.05, 0) is 30.4 Å². The molecule has 0 aliphatic carbocycles. The molecular weight excluding hydrogens is 251 g/mol. The third-order valence-corrected chi connectivity index (χ3v) is 3.17. The van der Waals surface area contributed by atoms with Crippen molar-refractivity contribution >= 4 is 23.3 Å². The minimum Gasteiger partial charge on any atom is -0.328 e. The van der Waals surface area contributed by atoms with E-state index in [1.165, 1.54) is 6.07 Å². The Bertz CT molecular complexity index is 768. The Labute approximate surface area is 108 Å². The minimum absolute atomic E-state index is 0.293. The third-order valence-electron chi connectivity index (χ3n) is 2.85. The van der Waals surface area contributed by atoms with Gasteiger partial charge in [0.25, 0.3) is 0 Å². The van der Waals surface area contributed by atoms with Crippen LogP contribution < -0.4 is 0 Å². The molecule has 0 aliphatic rings. The van der Waals surface area contributed by atoms with Gasteiger partial charge in [0.05, 0.1) is 17.8 Å². The van der Waals surface area contributed by atoms with Crippen molar-refractivity contribution in [3.63, 3.8) is 0 Å². The van der Waals surface area contributed by atoms with Crippen LogP contribution in [0.1, 0.15) is 5.69 Å². The molecule has 92 valence electrons. The summed E-state index contributed by atoms with van der Waals surface area (Å²) in [5.41, 5.74) is 2.09. The Morgan fingerprint density at radius 2 is 2.22 bits per heavy atom. The number of nitrogens with one attached hydrogen (secondary N) is 1. The molecule has 0 atom stereocenters. The van der Waals surface area contributed by atoms with Gasteiger partial charge in [0.2, 0.25) is 0 Å². The van der Waals surface area contributed by atoms with Crippen LogP contribution in [0.4, 0.5) is 4.39 Å². The third kappa shape index (κ3) is 1.74. The summed E-state index contributed by atoms with van der Waals surface area (Å²) < 4.78 is 17.7. The SMILES string of the molecule is Cn1ccc(Cn2c(=S)[nH]c3c(F)cccc32)n1. The molecule has 0 aliphatic heterocycles. The molecule has 0 fully saturated rings. The molecule has 1 aromatic carbocycles. The number of hydrogen-bond donors (Lipinski definition) is 1. The lowest BCUT2D eigenvalue weighted by Crippen LogP contribution is -2.01. The number of imidazole rings is 1. The van der Waals surface area contributed by atoms with E-state index in [2.05, 4.69) is 10.1 Å². The van der Waals surface area contributed by atoms with Crippen molar-refractivity contribution in [1.29, 1.82) is 0 Å². The van der Waals surface area contributed by atoms with Crippen molar-refractivity contribution in [3.05, 3.63) is 46.7 Å². The minimum atomic E-state index is -0.293. The van der Waals surface area contributed by atoms with Gasteiger partial charge >= 0.3 is 0 Å². The predicted molar refractivity (Wildman–Crippen MR) is 69.4 cm³/mol. The first-order valence-electron chi connectivity index (χ1n) is 5.51. The van der Waals surface area contributed by atoms with Crippen molar-refractivity contribution in [2.24, 2.45) is 7.05 Å². The van der Waals surface area contributed by atoms with Crippen LogP contribution in [0.25, 0.3) is 11.0 Å². The van der Waals surface area contributed by atoms with Crippen LogP contribution in [0.2, 0.25) is 0 Å². The van der Waals surface area contributed by atoms with E-state index >= 15 is 0 Å². The number of rotatable bonds is 2. The first-order valence-corrected chi connectivity index (χ1v) is 5.91. The second-order valence-electron chi connectivity index (χ2n) is 4.13. The molecule has 0 amide bonds. The largest absolute Gasteiger partial charge is 0.328 e. The number of benzene rings is 1. The maximum absolute atomic E-state index is 13.6. The normalized spacial score (nSPS) is 11.2. The Balaban J connectivity index is 2.14. The number of aryl methyl sites for hydroxylation is 1. The molecule has 0 spiro atoms. The highest BCUT2D eigenvalue weighted by atomic mass is 32.1. The summed E-state index contributed by atoms with van der Waals surface area (Å²) in [5, 5.41) is 4.30. The number of aromatic nitrogens is 4. The zero-order valence-electron chi connectivity index (χ0n) is 9.72. The molecule has 0 saturated carbocycles. The summed E-state index contributed by atoms with van der Waals surface area (Å²) >= 11 is 5.22. The van der Waals surface area contributed by atoms with Gasteiger partial charge in [0.1, 0.15) is 11.3 Å². The molecule has 1 N–H and O–H groups in total. The van der Waals surface area contributed by atoms with Gasteiger partial charge < -0.3 is 9.55 Å². The first-order chi connectivity index (χ1) is 8.65. The topological polar surface area (TPSA) is 38.5 Å². The number of fused-ring (bicyclic) bond motifs is 1. The maximum Gasteiger partial charge on any atom is 0.178 e. The second-order valence-corrected chi connectivity index (χ2v) is 4.52. The quantitative estimate of drug-likeness (QED) is 0.721. The molecule has 3 rings (SSSR count). The van der Waals surface area contributed by atoms with E-state index in [4.69, 9.17) is 12.2 Å². The number of aromatic amines is 1. The highest BCUT2D eigenvalue weighted by Crippen LogP contribution is 2.18. The van der Waals surface area contributed by atoms with Crippen LogP contribution >= 0.6 is 12.2 Å². The van der Waals surface area contributed by atoms with Gasteiger partial charge in [-0.2, -0.15) is 5.10 Å². The summed E-state index contributed by atoms with van der Waals surface area (Å²) in [6.07, 6.45) is 1.87.